The van der Waals surface area contributed by atoms with Gasteiger partial charge in [0.1, 0.15) is 84.5 Å². The van der Waals surface area contributed by atoms with Gasteiger partial charge >= 0.3 is 5.97 Å². The smallest absolute Gasteiger partial charge is 0.312 e. The number of methoxy groups -OCH3 is 3. The molecule has 3 unspecified atom stereocenters. The summed E-state index contributed by atoms with van der Waals surface area (Å²) >= 11 is 0. The number of morpholine rings is 1. The Bertz CT molecular complexity index is 5530. The number of likely N-dealkylation sites (tertiary alicyclic amines) is 2. The molecule has 4 aromatic rings. The Balaban J connectivity index is 0.000000179. The third-order valence-electron chi connectivity index (χ3n) is 26.2. The van der Waals surface area contributed by atoms with Gasteiger partial charge in [-0.05, 0) is 26.0 Å². The SMILES string of the molecule is CO[C@H]1OCCN2[C@@H]1O[C@@H]1[C@H](C)O[C@@H](O[C@H]3C[C@](O)(C(=O)CO)Cc4c(O)c5c(c(O)c43)C(=O)c3c(OC(=O)CC4CC(=O)N(CN6C(=O)C=CC6=O)C4=O)cccc3C5=O)C[C@@H]12.COc1cccc2c1C(=O)c1c(O)c3c(c(O)c1C2=O)C[C@@](O)(C(=O)CO)C[C@@H]3O[C@H]1C[C@H]2[C@H](O[C@@H]3C(OC)N(C(=O)CC4CC(=O)N(CN5C(=O)C=CC5=O)C4=O)CCN32)[C@H](C)O1. The number of nitrogens with zero attached hydrogens (tertiary/aromatic N) is 7. The molecule has 4 aromatic carbocycles. The molecule has 0 aromatic heterocycles. The molecule has 8 N–H and O–H groups in total. The Morgan fingerprint density at radius 2 is 0.945 bits per heavy atom. The first kappa shape index (κ1) is 87.4. The molecule has 42 heteroatoms. The molecule has 18 rings (SSSR count). The summed E-state index contributed by atoms with van der Waals surface area (Å²) < 4.78 is 66.1. The van der Waals surface area contributed by atoms with Crippen molar-refractivity contribution < 1.29 is 170 Å². The maximum atomic E-state index is 14.5. The van der Waals surface area contributed by atoms with Gasteiger partial charge < -0.3 is 97.9 Å². The van der Waals surface area contributed by atoms with Crippen molar-refractivity contribution in [3.05, 3.63) is 127 Å². The summed E-state index contributed by atoms with van der Waals surface area (Å²) in [5.74, 6) is -18.8. The van der Waals surface area contributed by atoms with E-state index in [1.165, 1.54) is 62.6 Å². The molecule has 127 heavy (non-hydrogen) atoms. The van der Waals surface area contributed by atoms with Crippen LogP contribution in [0.25, 0.3) is 0 Å². The molecule has 670 valence electrons. The largest absolute Gasteiger partial charge is 0.507 e. The fourth-order valence-electron chi connectivity index (χ4n) is 20.0. The Hall–Kier alpha value is -11.7. The fourth-order valence-corrected chi connectivity index (χ4v) is 20.0. The van der Waals surface area contributed by atoms with E-state index in [1.54, 1.807) is 13.8 Å². The number of phenols is 4. The van der Waals surface area contributed by atoms with E-state index in [1.807, 2.05) is 4.90 Å². The Morgan fingerprint density at radius 3 is 1.40 bits per heavy atom. The first-order valence-corrected chi connectivity index (χ1v) is 40.9. The maximum Gasteiger partial charge on any atom is 0.312 e. The van der Waals surface area contributed by atoms with Crippen LogP contribution in [0.4, 0.5) is 0 Å². The third-order valence-corrected chi connectivity index (χ3v) is 26.2. The Morgan fingerprint density at radius 1 is 0.504 bits per heavy atom. The molecule has 42 nitrogen and oxygen atoms in total. The zero-order valence-corrected chi connectivity index (χ0v) is 68.5. The molecule has 14 aliphatic rings. The van der Waals surface area contributed by atoms with Crippen molar-refractivity contribution in [1.29, 1.82) is 0 Å². The fraction of sp³-hybridized carbons (Fsp3) is 0.482. The molecule has 10 heterocycles. The number of fused-ring (bicyclic) bond motifs is 12. The van der Waals surface area contributed by atoms with Crippen molar-refractivity contribution >= 4 is 93.8 Å². The zero-order chi connectivity index (χ0) is 90.5. The van der Waals surface area contributed by atoms with Crippen LogP contribution in [0.5, 0.6) is 34.5 Å². The second-order valence-electron chi connectivity index (χ2n) is 33.3. The van der Waals surface area contributed by atoms with Crippen LogP contribution in [0, 0.1) is 11.8 Å². The van der Waals surface area contributed by atoms with E-state index in [0.717, 1.165) is 34.1 Å². The summed E-state index contributed by atoms with van der Waals surface area (Å²) in [5, 5.41) is 90.7. The van der Waals surface area contributed by atoms with E-state index in [-0.39, 0.29) is 89.5 Å². The van der Waals surface area contributed by atoms with Crippen molar-refractivity contribution in [3.63, 3.8) is 0 Å². The van der Waals surface area contributed by atoms with Gasteiger partial charge in [-0.3, -0.25) is 106 Å². The van der Waals surface area contributed by atoms with Gasteiger partial charge in [-0.1, -0.05) is 24.3 Å². The normalized spacial score (nSPS) is 31.1. The number of piperazine rings is 1. The molecule has 9 amide bonds. The second-order valence-corrected chi connectivity index (χ2v) is 33.3. The molecular weight excluding hydrogens is 1680 g/mol. The van der Waals surface area contributed by atoms with Crippen LogP contribution in [0.2, 0.25) is 0 Å². The van der Waals surface area contributed by atoms with Crippen molar-refractivity contribution in [1.82, 2.24) is 34.3 Å². The summed E-state index contributed by atoms with van der Waals surface area (Å²) in [6.45, 7) is 1.34. The van der Waals surface area contributed by atoms with Gasteiger partial charge in [0, 0.05) is 161 Å². The average molecular weight is 1760 g/mol. The number of imide groups is 4. The predicted molar refractivity (Wildman–Crippen MR) is 413 cm³/mol. The summed E-state index contributed by atoms with van der Waals surface area (Å²) in [7, 11) is 4.19. The summed E-state index contributed by atoms with van der Waals surface area (Å²) in [4.78, 5) is 219. The highest BCUT2D eigenvalue weighted by Gasteiger charge is 2.60. The molecule has 10 aliphatic heterocycles. The Kier molecular flexibility index (Phi) is 22.8. The van der Waals surface area contributed by atoms with E-state index in [0.29, 0.717) is 23.0 Å². The molecule has 8 saturated heterocycles. The van der Waals surface area contributed by atoms with Crippen LogP contribution in [-0.2, 0) is 113 Å². The number of rotatable bonds is 20. The quantitative estimate of drug-likeness (QED) is 0.0185. The number of ether oxygens (including phenoxy) is 11. The third kappa shape index (κ3) is 14.5. The Labute approximate surface area is 718 Å². The number of phenolic OH excluding ortho intramolecular Hbond substituents is 4. The van der Waals surface area contributed by atoms with Crippen molar-refractivity contribution in [2.24, 2.45) is 11.8 Å². The van der Waals surface area contributed by atoms with Crippen LogP contribution in [0.15, 0.2) is 60.7 Å². The van der Waals surface area contributed by atoms with Gasteiger partial charge in [-0.25, -0.2) is 0 Å². The highest BCUT2D eigenvalue weighted by molar-refractivity contribution is 6.33. The number of esters is 1. The zero-order valence-electron chi connectivity index (χ0n) is 68.5. The number of carbonyl (C=O) groups is 16. The molecule has 0 bridgehead atoms. The lowest BCUT2D eigenvalue weighted by molar-refractivity contribution is -0.256. The van der Waals surface area contributed by atoms with Gasteiger partial charge in [0.15, 0.2) is 60.7 Å². The molecule has 0 saturated carbocycles. The van der Waals surface area contributed by atoms with E-state index in [9.17, 15) is 118 Å². The van der Waals surface area contributed by atoms with Gasteiger partial charge in [-0.15, -0.1) is 0 Å². The summed E-state index contributed by atoms with van der Waals surface area (Å²) in [6.07, 6.45) is -10.3. The van der Waals surface area contributed by atoms with Crippen molar-refractivity contribution in [3.8, 4) is 34.5 Å². The van der Waals surface area contributed by atoms with Gasteiger partial charge in [0.25, 0.3) is 23.6 Å². The van der Waals surface area contributed by atoms with Crippen LogP contribution in [-0.4, -0.2) is 328 Å². The highest BCUT2D eigenvalue weighted by atomic mass is 16.7. The number of ketones is 6. The monoisotopic (exact) mass is 1760 g/mol. The summed E-state index contributed by atoms with van der Waals surface area (Å²) in [6, 6.07) is 7.30. The lowest BCUT2D eigenvalue weighted by Gasteiger charge is -2.45. The number of amides is 9. The number of Topliss-reactive ketones (excluding diaryl/α,β-unsaturated/α-hetero) is 2. The molecule has 8 fully saturated rings. The number of benzene rings is 4. The standard InChI is InChI=1S/C43H44N4O17.C42H41N3O18/c1-18-39-22(44-9-10-45(41(61-3)42(44)64-39)28(52)11-19-12-29(53)47(40(19)58)17-46-26(50)7-8-27(46)51)13-30(62-18)63-24-15-43(59,25(49)16-48)14-21-32(24)38(57)34-33(36(21)55)35(54)20-5-4-6-23(60-2)31(20)37(34)56;1-17-38-21(43-8-9-59-41(58-2)40(43)63-38)12-29(60-17)62-23-14-42(57,24(47)15-46)13-20-31(23)37(55)33-32(35(20)53)34(52)19-4-3-5-22(30(19)36(33)54)61-28(51)11-18-10-27(50)45(39(18)56)16-44-25(48)6-7-26(44)49/h4-8,18-19,22,24,30,39,41-42,48,55,57,59H,9-17H2,1-3H3;3-7,17-18,21,23,29,38,40-41,46,53,55,57H,8-16H2,1-2H3/t18-,19?,22-,24-,30-,39+,41?,42+,43-;17-,18?,21-,23-,29-,38+,40+,41-,42-/m00/s1. The van der Waals surface area contributed by atoms with E-state index in [4.69, 9.17) is 52.1 Å². The summed E-state index contributed by atoms with van der Waals surface area (Å²) in [5.41, 5.74) is -9.04. The highest BCUT2D eigenvalue weighted by Crippen LogP contribution is 2.56. The van der Waals surface area contributed by atoms with E-state index in [2.05, 4.69) is 4.90 Å². The minimum atomic E-state index is -2.37. The lowest BCUT2D eigenvalue weighted by Crippen LogP contribution is -2.62. The van der Waals surface area contributed by atoms with Gasteiger partial charge in [0.2, 0.25) is 41.1 Å². The van der Waals surface area contributed by atoms with Crippen LogP contribution in [0.3, 0.4) is 0 Å². The molecule has 0 spiro atoms. The second kappa shape index (κ2) is 33.2. The minimum Gasteiger partial charge on any atom is -0.507 e. The number of aliphatic hydroxyl groups is 4. The number of aromatic hydroxyl groups is 4. The van der Waals surface area contributed by atoms with Crippen molar-refractivity contribution in [2.45, 2.75) is 176 Å². The molecule has 18 atom stereocenters. The van der Waals surface area contributed by atoms with Crippen molar-refractivity contribution in [2.75, 3.05) is 74.1 Å². The van der Waals surface area contributed by atoms with Crippen LogP contribution in [0.1, 0.15) is 163 Å². The molecule has 4 aliphatic carbocycles. The van der Waals surface area contributed by atoms with Crippen LogP contribution >= 0.6 is 0 Å². The molecule has 0 radical (unpaired) electrons. The number of carbonyl (C=O) groups excluding carboxylic acids is 16. The topological polar surface area (TPSA) is 559 Å². The number of hydrogen-bond donors (Lipinski definition) is 8. The average Bonchev–Trinajstić information content (AvgIpc) is 1.53. The number of aliphatic hydroxyl groups excluding tert-OH is 2. The molecular formula is C85H85N7O35. The van der Waals surface area contributed by atoms with E-state index >= 15 is 0 Å². The number of hydrogen-bond acceptors (Lipinski definition) is 37. The van der Waals surface area contributed by atoms with Gasteiger partial charge in [0.05, 0.1) is 89.8 Å². The minimum absolute atomic E-state index is 0.0587. The lowest BCUT2D eigenvalue weighted by atomic mass is 9.72. The predicted octanol–water partition coefficient (Wildman–Crippen LogP) is -1.57. The maximum absolute atomic E-state index is 14.5. The van der Waals surface area contributed by atoms with Gasteiger partial charge in [-0.2, -0.15) is 0 Å². The van der Waals surface area contributed by atoms with Crippen LogP contribution < -0.4 is 9.47 Å². The first-order valence-electron chi connectivity index (χ1n) is 40.9. The first-order chi connectivity index (χ1) is 60.5. The van der Waals surface area contributed by atoms with E-state index < -0.39 is 319 Å².